The van der Waals surface area contributed by atoms with Gasteiger partial charge < -0.3 is 19.4 Å². The summed E-state index contributed by atoms with van der Waals surface area (Å²) in [6, 6.07) is 16.3. The lowest BCUT2D eigenvalue weighted by Crippen LogP contribution is -2.58. The molecule has 2 aliphatic rings. The van der Waals surface area contributed by atoms with Gasteiger partial charge in [0, 0.05) is 50.7 Å². The van der Waals surface area contributed by atoms with E-state index in [0.29, 0.717) is 18.7 Å². The van der Waals surface area contributed by atoms with Gasteiger partial charge in [0.2, 0.25) is 0 Å². The summed E-state index contributed by atoms with van der Waals surface area (Å²) in [6.45, 7) is 9.86. The highest BCUT2D eigenvalue weighted by molar-refractivity contribution is 5.94. The predicted molar refractivity (Wildman–Crippen MR) is 139 cm³/mol. The fourth-order valence-corrected chi connectivity index (χ4v) is 5.39. The lowest BCUT2D eigenvalue weighted by Gasteiger charge is -2.49. The van der Waals surface area contributed by atoms with E-state index in [9.17, 15) is 4.79 Å². The number of ether oxygens (including phenoxy) is 2. The summed E-state index contributed by atoms with van der Waals surface area (Å²) in [5.41, 5.74) is 2.69. The third-order valence-electron chi connectivity index (χ3n) is 7.15. The van der Waals surface area contributed by atoms with Crippen LogP contribution in [0.3, 0.4) is 0 Å². The number of aryl methyl sites for hydroxylation is 1. The number of nitrogens with zero attached hydrogens (tertiary/aromatic N) is 3. The van der Waals surface area contributed by atoms with Crippen LogP contribution < -0.4 is 4.74 Å². The van der Waals surface area contributed by atoms with Crippen LogP contribution in [0.5, 0.6) is 5.75 Å². The number of carbonyl (C=O) groups excluding carboxylic acids is 1. The van der Waals surface area contributed by atoms with Gasteiger partial charge in [0.05, 0.1) is 11.7 Å². The van der Waals surface area contributed by atoms with E-state index in [4.69, 9.17) is 9.47 Å². The number of morpholine rings is 1. The van der Waals surface area contributed by atoms with E-state index in [1.165, 1.54) is 5.56 Å². The number of hydrogen-bond acceptors (Lipinski definition) is 5. The Kier molecular flexibility index (Phi) is 7.12. The van der Waals surface area contributed by atoms with Gasteiger partial charge >= 0.3 is 0 Å². The van der Waals surface area contributed by atoms with Crippen molar-refractivity contribution in [3.05, 3.63) is 83.4 Å². The number of hydrogen-bond donors (Lipinski definition) is 1. The number of H-pyrrole nitrogens is 1. The quantitative estimate of drug-likeness (QED) is 0.542. The summed E-state index contributed by atoms with van der Waals surface area (Å²) in [5.74, 6) is 1.77. The van der Waals surface area contributed by atoms with Gasteiger partial charge in [0.1, 0.15) is 17.7 Å². The zero-order chi connectivity index (χ0) is 25.1. The molecular formula is C29H36N4O3. The Morgan fingerprint density at radius 1 is 1.19 bits per heavy atom. The van der Waals surface area contributed by atoms with Crippen molar-refractivity contribution in [2.24, 2.45) is 0 Å². The highest BCUT2D eigenvalue weighted by Gasteiger charge is 2.44. The maximum absolute atomic E-state index is 13.3. The molecule has 0 bridgehead atoms. The molecule has 1 amide bonds. The first-order chi connectivity index (χ1) is 17.4. The topological polar surface area (TPSA) is 70.7 Å². The SMILES string of the molecule is Cc1cc(C(=O)N2CCC3(CC2)CN(Cc2ccccc2)CC(c2ncc[nH]2)O3)ccc1OC(C)C. The zero-order valence-electron chi connectivity index (χ0n) is 21.4. The number of aromatic amines is 1. The Hall–Kier alpha value is -3.16. The van der Waals surface area contributed by atoms with E-state index >= 15 is 0 Å². The Labute approximate surface area is 213 Å². The molecule has 1 unspecified atom stereocenters. The number of likely N-dealkylation sites (tertiary alicyclic amines) is 1. The first-order valence-electron chi connectivity index (χ1n) is 12.9. The molecule has 2 saturated heterocycles. The molecule has 2 fully saturated rings. The van der Waals surface area contributed by atoms with Crippen LogP contribution in [0.4, 0.5) is 0 Å². The first-order valence-corrected chi connectivity index (χ1v) is 12.9. The largest absolute Gasteiger partial charge is 0.491 e. The van der Waals surface area contributed by atoms with Gasteiger partial charge in [0.25, 0.3) is 5.91 Å². The van der Waals surface area contributed by atoms with E-state index in [-0.39, 0.29) is 23.7 Å². The highest BCUT2D eigenvalue weighted by Crippen LogP contribution is 2.38. The summed E-state index contributed by atoms with van der Waals surface area (Å²) >= 11 is 0. The summed E-state index contributed by atoms with van der Waals surface area (Å²) in [6.07, 6.45) is 5.22. The predicted octanol–water partition coefficient (Wildman–Crippen LogP) is 4.75. The van der Waals surface area contributed by atoms with Crippen molar-refractivity contribution in [2.45, 2.75) is 58.0 Å². The molecule has 2 aliphatic heterocycles. The third kappa shape index (κ3) is 5.47. The average molecular weight is 489 g/mol. The van der Waals surface area contributed by atoms with E-state index in [1.807, 2.05) is 50.1 Å². The molecule has 0 saturated carbocycles. The van der Waals surface area contributed by atoms with Crippen LogP contribution >= 0.6 is 0 Å². The minimum Gasteiger partial charge on any atom is -0.491 e. The molecule has 1 aromatic heterocycles. The molecule has 7 nitrogen and oxygen atoms in total. The van der Waals surface area contributed by atoms with Gasteiger partial charge in [0.15, 0.2) is 0 Å². The molecule has 0 radical (unpaired) electrons. The number of nitrogens with one attached hydrogen (secondary N) is 1. The van der Waals surface area contributed by atoms with Crippen molar-refractivity contribution in [2.75, 3.05) is 26.2 Å². The van der Waals surface area contributed by atoms with Gasteiger partial charge in [-0.3, -0.25) is 9.69 Å². The van der Waals surface area contributed by atoms with Gasteiger partial charge in [-0.2, -0.15) is 0 Å². The standard InChI is InChI=1S/C29H36N4O3/c1-21(2)35-25-10-9-24(17-22(25)3)28(34)33-15-11-29(12-16-33)20-32(18-23-7-5-4-6-8-23)19-26(36-29)27-30-13-14-31-27/h4-10,13-14,17,21,26H,11-12,15-16,18-20H2,1-3H3,(H,30,31). The summed E-state index contributed by atoms with van der Waals surface area (Å²) in [7, 11) is 0. The van der Waals surface area contributed by atoms with Crippen LogP contribution in [0.2, 0.25) is 0 Å². The summed E-state index contributed by atoms with van der Waals surface area (Å²) < 4.78 is 12.6. The minimum absolute atomic E-state index is 0.0728. The number of rotatable bonds is 6. The number of aromatic nitrogens is 2. The average Bonchev–Trinajstić information content (AvgIpc) is 3.41. The van der Waals surface area contributed by atoms with Crippen molar-refractivity contribution >= 4 is 5.91 Å². The lowest BCUT2D eigenvalue weighted by molar-refractivity contribution is -0.179. The fraction of sp³-hybridized carbons (Fsp3) is 0.448. The normalized spacial score (nSPS) is 20.1. The number of imidazole rings is 1. The second-order valence-electron chi connectivity index (χ2n) is 10.4. The van der Waals surface area contributed by atoms with Crippen LogP contribution in [0.1, 0.15) is 60.1 Å². The molecule has 1 N–H and O–H groups in total. The van der Waals surface area contributed by atoms with Crippen LogP contribution in [-0.2, 0) is 11.3 Å². The molecule has 7 heteroatoms. The summed E-state index contributed by atoms with van der Waals surface area (Å²) in [5, 5.41) is 0. The second kappa shape index (κ2) is 10.4. The maximum Gasteiger partial charge on any atom is 0.253 e. The van der Waals surface area contributed by atoms with Crippen molar-refractivity contribution in [1.82, 2.24) is 19.8 Å². The maximum atomic E-state index is 13.3. The Morgan fingerprint density at radius 3 is 2.64 bits per heavy atom. The van der Waals surface area contributed by atoms with E-state index in [0.717, 1.165) is 49.6 Å². The fourth-order valence-electron chi connectivity index (χ4n) is 5.39. The van der Waals surface area contributed by atoms with Crippen molar-refractivity contribution in [1.29, 1.82) is 0 Å². The lowest BCUT2D eigenvalue weighted by atomic mass is 9.88. The van der Waals surface area contributed by atoms with Gasteiger partial charge in [-0.1, -0.05) is 30.3 Å². The second-order valence-corrected chi connectivity index (χ2v) is 10.4. The van der Waals surface area contributed by atoms with Crippen LogP contribution in [0, 0.1) is 6.92 Å². The molecule has 3 aromatic rings. The molecule has 1 spiro atoms. The van der Waals surface area contributed by atoms with E-state index in [1.54, 1.807) is 6.20 Å². The number of carbonyl (C=O) groups is 1. The molecule has 3 heterocycles. The number of piperidine rings is 1. The molecule has 190 valence electrons. The highest BCUT2D eigenvalue weighted by atomic mass is 16.5. The molecule has 2 aromatic carbocycles. The Bertz CT molecular complexity index is 1150. The monoisotopic (exact) mass is 488 g/mol. The smallest absolute Gasteiger partial charge is 0.253 e. The molecule has 1 atom stereocenters. The van der Waals surface area contributed by atoms with Gasteiger partial charge in [-0.05, 0) is 62.9 Å². The first kappa shape index (κ1) is 24.5. The number of amides is 1. The van der Waals surface area contributed by atoms with Gasteiger partial charge in [-0.25, -0.2) is 4.98 Å². The Morgan fingerprint density at radius 2 is 1.97 bits per heavy atom. The van der Waals surface area contributed by atoms with Crippen molar-refractivity contribution in [3.63, 3.8) is 0 Å². The minimum atomic E-state index is -0.299. The molecule has 5 rings (SSSR count). The summed E-state index contributed by atoms with van der Waals surface area (Å²) in [4.78, 5) is 25.5. The molecule has 36 heavy (non-hydrogen) atoms. The van der Waals surface area contributed by atoms with Crippen LogP contribution in [-0.4, -0.2) is 63.6 Å². The van der Waals surface area contributed by atoms with Crippen molar-refractivity contribution < 1.29 is 14.3 Å². The van der Waals surface area contributed by atoms with Crippen LogP contribution in [0.25, 0.3) is 0 Å². The Balaban J connectivity index is 1.28. The van der Waals surface area contributed by atoms with E-state index in [2.05, 4.69) is 45.2 Å². The zero-order valence-corrected chi connectivity index (χ0v) is 21.4. The third-order valence-corrected chi connectivity index (χ3v) is 7.15. The van der Waals surface area contributed by atoms with Crippen molar-refractivity contribution in [3.8, 4) is 5.75 Å². The van der Waals surface area contributed by atoms with E-state index < -0.39 is 0 Å². The number of benzene rings is 2. The van der Waals surface area contributed by atoms with Gasteiger partial charge in [-0.15, -0.1) is 0 Å². The van der Waals surface area contributed by atoms with Crippen LogP contribution in [0.15, 0.2) is 60.9 Å². The molecule has 0 aliphatic carbocycles. The molecular weight excluding hydrogens is 452 g/mol.